The van der Waals surface area contributed by atoms with Crippen molar-refractivity contribution < 1.29 is 37.2 Å². The molecule has 5 fully saturated rings. The summed E-state index contributed by atoms with van der Waals surface area (Å²) in [5, 5.41) is -0.918. The second-order valence-corrected chi connectivity index (χ2v) is 18.3. The molecule has 5 rings (SSSR count). The predicted octanol–water partition coefficient (Wildman–Crippen LogP) is 7.12. The molecule has 8 nitrogen and oxygen atoms in total. The molecule has 44 heavy (non-hydrogen) atoms. The van der Waals surface area contributed by atoms with E-state index < -0.39 is 84.2 Å². The molecule has 1 aliphatic carbocycles. The van der Waals surface area contributed by atoms with Gasteiger partial charge in [-0.3, -0.25) is 0 Å². The quantitative estimate of drug-likeness (QED) is 0.292. The Balaban J connectivity index is 1.79. The summed E-state index contributed by atoms with van der Waals surface area (Å²) < 4.78 is 56.5. The molecule has 0 N–H and O–H groups in total. The summed E-state index contributed by atoms with van der Waals surface area (Å²) in [5.74, 6) is 0.101. The molecule has 4 aliphatic heterocycles. The third-order valence-electron chi connectivity index (χ3n) is 13.3. The maximum absolute atomic E-state index is 7.14. The van der Waals surface area contributed by atoms with Crippen LogP contribution in [0.15, 0.2) is 0 Å². The molecule has 5 aliphatic rings. The van der Waals surface area contributed by atoms with Crippen LogP contribution in [-0.2, 0) is 37.2 Å². The highest BCUT2D eigenvalue weighted by Gasteiger charge is 2.80. The van der Waals surface area contributed by atoms with Crippen LogP contribution in [0.3, 0.4) is 0 Å². The fourth-order valence-corrected chi connectivity index (χ4v) is 7.45. The second kappa shape index (κ2) is 10.5. The summed E-state index contributed by atoms with van der Waals surface area (Å²) >= 11 is 0. The van der Waals surface area contributed by atoms with Crippen LogP contribution >= 0.6 is 0 Å². The van der Waals surface area contributed by atoms with Gasteiger partial charge < -0.3 is 37.2 Å². The van der Waals surface area contributed by atoms with E-state index in [1.165, 1.54) is 6.42 Å². The molecule has 0 bridgehead atoms. The lowest BCUT2D eigenvalue weighted by Crippen LogP contribution is -2.62. The van der Waals surface area contributed by atoms with Crippen LogP contribution in [0.5, 0.6) is 0 Å². The van der Waals surface area contributed by atoms with Gasteiger partial charge in [-0.25, -0.2) is 0 Å². The highest BCUT2D eigenvalue weighted by molar-refractivity contribution is 6.81. The zero-order chi connectivity index (χ0) is 33.2. The first-order valence-electron chi connectivity index (χ1n) is 17.2. The van der Waals surface area contributed by atoms with Gasteiger partial charge in [0.05, 0.1) is 44.8 Å². The first kappa shape index (κ1) is 35.3. The Labute approximate surface area is 270 Å². The molecule has 0 amide bonds. The Morgan fingerprint density at radius 2 is 0.659 bits per heavy atom. The van der Waals surface area contributed by atoms with Crippen molar-refractivity contribution in [3.63, 3.8) is 0 Å². The van der Waals surface area contributed by atoms with Crippen LogP contribution in [0.1, 0.15) is 143 Å². The minimum absolute atomic E-state index is 0.101. The van der Waals surface area contributed by atoms with E-state index in [0.29, 0.717) is 0 Å². The molecule has 0 unspecified atom stereocenters. The fraction of sp³-hybridized carbons (Fsp3) is 1.00. The smallest absolute Gasteiger partial charge is 0.403 e. The summed E-state index contributed by atoms with van der Waals surface area (Å²) in [6.07, 6.45) is 5.35. The van der Waals surface area contributed by atoms with Gasteiger partial charge >= 0.3 is 28.5 Å². The number of hydrogen-bond acceptors (Lipinski definition) is 8. The first-order valence-corrected chi connectivity index (χ1v) is 17.2. The third kappa shape index (κ3) is 5.23. The average Bonchev–Trinajstić information content (AvgIpc) is 3.38. The lowest BCUT2D eigenvalue weighted by atomic mass is 9.20. The zero-order valence-electron chi connectivity index (χ0n) is 30.8. The summed E-state index contributed by atoms with van der Waals surface area (Å²) in [6, 6.07) is 0. The van der Waals surface area contributed by atoms with Gasteiger partial charge in [0, 0.05) is 10.9 Å². The Bertz CT molecular complexity index is 962. The lowest BCUT2D eigenvalue weighted by Gasteiger charge is -2.50. The normalized spacial score (nSPS) is 31.8. The fourth-order valence-electron chi connectivity index (χ4n) is 7.45. The molecule has 0 aromatic rings. The van der Waals surface area contributed by atoms with Crippen molar-refractivity contribution in [1.82, 2.24) is 0 Å². The molecule has 4 saturated heterocycles. The standard InChI is InChI=1S/C32H60B4O8/c1-24(2)25(3,4)38-33(37-24)23(34-39-26(5,6)27(7,8)40-34)32(22-20-18-17-19-21-22,35-41-28(9,10)29(11,12)42-35)36-43-30(13,14)31(15,16)44-36/h22-23H,17-21H2,1-16H3. The van der Waals surface area contributed by atoms with Crippen molar-refractivity contribution in [2.24, 2.45) is 5.92 Å². The summed E-state index contributed by atoms with van der Waals surface area (Å²) in [6.45, 7) is 33.7. The molecular formula is C32H60B4O8. The van der Waals surface area contributed by atoms with Gasteiger partial charge in [0.1, 0.15) is 0 Å². The van der Waals surface area contributed by atoms with Crippen molar-refractivity contribution >= 4 is 28.5 Å². The van der Waals surface area contributed by atoms with Crippen LogP contribution in [0, 0.1) is 5.92 Å². The Morgan fingerprint density at radius 1 is 0.409 bits per heavy atom. The van der Waals surface area contributed by atoms with Gasteiger partial charge in [-0.1, -0.05) is 32.1 Å². The predicted molar refractivity (Wildman–Crippen MR) is 177 cm³/mol. The van der Waals surface area contributed by atoms with Crippen LogP contribution in [0.4, 0.5) is 0 Å². The molecule has 1 saturated carbocycles. The minimum Gasteiger partial charge on any atom is -0.403 e. The molecule has 0 aromatic carbocycles. The van der Waals surface area contributed by atoms with Crippen LogP contribution in [-0.4, -0.2) is 73.3 Å². The van der Waals surface area contributed by atoms with Crippen LogP contribution in [0.25, 0.3) is 0 Å². The summed E-state index contributed by atoms with van der Waals surface area (Å²) in [7, 11) is -2.80. The van der Waals surface area contributed by atoms with E-state index in [2.05, 4.69) is 111 Å². The second-order valence-electron chi connectivity index (χ2n) is 18.3. The molecule has 0 aromatic heterocycles. The van der Waals surface area contributed by atoms with E-state index in [-0.39, 0.29) is 5.92 Å². The van der Waals surface area contributed by atoms with E-state index in [9.17, 15) is 0 Å². The highest BCUT2D eigenvalue weighted by atomic mass is 16.7. The average molecular weight is 616 g/mol. The van der Waals surface area contributed by atoms with Crippen molar-refractivity contribution in [3.8, 4) is 0 Å². The Hall–Kier alpha value is -0.0603. The zero-order valence-corrected chi connectivity index (χ0v) is 30.8. The van der Waals surface area contributed by atoms with Crippen LogP contribution in [0.2, 0.25) is 10.9 Å². The van der Waals surface area contributed by atoms with Crippen molar-refractivity contribution in [3.05, 3.63) is 0 Å². The molecule has 12 heteroatoms. The van der Waals surface area contributed by atoms with Gasteiger partial charge in [-0.2, -0.15) is 0 Å². The van der Waals surface area contributed by atoms with E-state index >= 15 is 0 Å². The Kier molecular flexibility index (Phi) is 8.39. The van der Waals surface area contributed by atoms with E-state index in [4.69, 9.17) is 37.2 Å². The monoisotopic (exact) mass is 616 g/mol. The molecular weight excluding hydrogens is 556 g/mol. The Morgan fingerprint density at radius 3 is 0.932 bits per heavy atom. The van der Waals surface area contributed by atoms with Crippen molar-refractivity contribution in [1.29, 1.82) is 0 Å². The highest BCUT2D eigenvalue weighted by Crippen LogP contribution is 2.67. The molecule has 4 heterocycles. The van der Waals surface area contributed by atoms with Crippen molar-refractivity contribution in [2.45, 2.75) is 199 Å². The minimum atomic E-state index is -0.918. The van der Waals surface area contributed by atoms with Gasteiger partial charge in [0.2, 0.25) is 0 Å². The molecule has 0 atom stereocenters. The van der Waals surface area contributed by atoms with Crippen molar-refractivity contribution in [2.75, 3.05) is 0 Å². The molecule has 0 spiro atoms. The molecule has 0 radical (unpaired) electrons. The number of rotatable bonds is 6. The van der Waals surface area contributed by atoms with Gasteiger partial charge in [-0.05, 0) is 117 Å². The topological polar surface area (TPSA) is 73.8 Å². The van der Waals surface area contributed by atoms with E-state index in [1.807, 2.05) is 0 Å². The summed E-state index contributed by atoms with van der Waals surface area (Å²) in [5.41, 5.74) is -5.18. The van der Waals surface area contributed by atoms with Gasteiger partial charge in [0.25, 0.3) is 0 Å². The van der Waals surface area contributed by atoms with Gasteiger partial charge in [0.15, 0.2) is 0 Å². The summed E-state index contributed by atoms with van der Waals surface area (Å²) in [4.78, 5) is 0. The number of hydrogen-bond donors (Lipinski definition) is 0. The maximum Gasteiger partial charge on any atom is 0.461 e. The molecule has 248 valence electrons. The first-order chi connectivity index (χ1) is 19.7. The van der Waals surface area contributed by atoms with E-state index in [1.54, 1.807) is 0 Å². The SMILES string of the molecule is CC1(C)OB(C(B2OC(C)(C)C(C)(C)O2)C(B2OC(C)(C)C(C)(C)O2)(B2OC(C)(C)C(C)(C)O2)C2CCCCC2)OC1(C)C. The lowest BCUT2D eigenvalue weighted by molar-refractivity contribution is 0.00578. The van der Waals surface area contributed by atoms with E-state index in [0.717, 1.165) is 25.7 Å². The third-order valence-corrected chi connectivity index (χ3v) is 13.3. The van der Waals surface area contributed by atoms with Gasteiger partial charge in [-0.15, -0.1) is 0 Å². The maximum atomic E-state index is 7.14. The van der Waals surface area contributed by atoms with Crippen LogP contribution < -0.4 is 0 Å². The largest absolute Gasteiger partial charge is 0.461 e.